The predicted molar refractivity (Wildman–Crippen MR) is 86.9 cm³/mol. The summed E-state index contributed by atoms with van der Waals surface area (Å²) in [4.78, 5) is 16.3. The molecule has 21 heavy (non-hydrogen) atoms. The van der Waals surface area contributed by atoms with Gasteiger partial charge in [0.2, 0.25) is 0 Å². The van der Waals surface area contributed by atoms with E-state index in [1.165, 1.54) is 25.7 Å². The molecule has 0 atom stereocenters. The normalized spacial score (nSPS) is 15.1. The first-order valence-corrected chi connectivity index (χ1v) is 8.26. The van der Waals surface area contributed by atoms with Crippen LogP contribution in [0.1, 0.15) is 55.8 Å². The summed E-state index contributed by atoms with van der Waals surface area (Å²) in [5.74, 6) is 1.33. The number of nitrogens with zero attached hydrogens (tertiary/aromatic N) is 1. The maximum Gasteiger partial charge on any atom is 0.252 e. The van der Waals surface area contributed by atoms with Gasteiger partial charge in [-0.25, -0.2) is 4.98 Å². The molecule has 0 unspecified atom stereocenters. The van der Waals surface area contributed by atoms with E-state index in [1.807, 2.05) is 0 Å². The number of aromatic nitrogens is 1. The molecule has 5 heteroatoms. The molecule has 1 aliphatic carbocycles. The number of anilines is 1. The van der Waals surface area contributed by atoms with Gasteiger partial charge in [-0.05, 0) is 24.8 Å². The van der Waals surface area contributed by atoms with Crippen molar-refractivity contribution in [2.24, 2.45) is 5.92 Å². The molecule has 2 N–H and O–H groups in total. The molecule has 1 aromatic rings. The van der Waals surface area contributed by atoms with Crippen molar-refractivity contribution in [2.45, 2.75) is 45.4 Å². The summed E-state index contributed by atoms with van der Waals surface area (Å²) in [5, 5.41) is 6.58. The third kappa shape index (κ3) is 4.88. The van der Waals surface area contributed by atoms with Crippen molar-refractivity contribution in [1.82, 2.24) is 10.3 Å². The fourth-order valence-electron chi connectivity index (χ4n) is 2.73. The molecule has 1 fully saturated rings. The van der Waals surface area contributed by atoms with Gasteiger partial charge in [0.05, 0.1) is 10.6 Å². The molecule has 0 bridgehead atoms. The maximum atomic E-state index is 12.1. The second-order valence-corrected chi connectivity index (χ2v) is 6.08. The molecular formula is C16H24ClN3O. The molecule has 0 aliphatic heterocycles. The average Bonchev–Trinajstić information content (AvgIpc) is 2.99. The van der Waals surface area contributed by atoms with E-state index in [1.54, 1.807) is 12.3 Å². The Balaban J connectivity index is 1.82. The van der Waals surface area contributed by atoms with Crippen molar-refractivity contribution < 1.29 is 4.79 Å². The molecule has 0 aromatic carbocycles. The van der Waals surface area contributed by atoms with Gasteiger partial charge in [-0.2, -0.15) is 0 Å². The lowest BCUT2D eigenvalue weighted by molar-refractivity contribution is 0.0951. The van der Waals surface area contributed by atoms with E-state index in [9.17, 15) is 4.79 Å². The van der Waals surface area contributed by atoms with Crippen molar-refractivity contribution >= 4 is 23.3 Å². The number of carbonyl (C=O) groups excluding carboxylic acids is 1. The smallest absolute Gasteiger partial charge is 0.252 e. The van der Waals surface area contributed by atoms with Gasteiger partial charge in [0, 0.05) is 19.3 Å². The minimum absolute atomic E-state index is 0.0931. The van der Waals surface area contributed by atoms with E-state index < -0.39 is 0 Å². The van der Waals surface area contributed by atoms with Gasteiger partial charge < -0.3 is 10.6 Å². The van der Waals surface area contributed by atoms with Crippen LogP contribution in [0.15, 0.2) is 12.3 Å². The van der Waals surface area contributed by atoms with E-state index in [2.05, 4.69) is 22.5 Å². The summed E-state index contributed by atoms with van der Waals surface area (Å²) < 4.78 is 0. The molecule has 1 aromatic heterocycles. The minimum atomic E-state index is -0.0931. The first-order valence-electron chi connectivity index (χ1n) is 7.88. The molecule has 0 spiro atoms. The van der Waals surface area contributed by atoms with Crippen LogP contribution in [0.4, 0.5) is 5.82 Å². The fraction of sp³-hybridized carbons (Fsp3) is 0.625. The van der Waals surface area contributed by atoms with Crippen LogP contribution in [0.3, 0.4) is 0 Å². The summed E-state index contributed by atoms with van der Waals surface area (Å²) >= 11 is 6.14. The molecule has 1 aliphatic rings. The monoisotopic (exact) mass is 309 g/mol. The second kappa shape index (κ2) is 8.23. The Morgan fingerprint density at radius 3 is 2.81 bits per heavy atom. The van der Waals surface area contributed by atoms with Crippen LogP contribution < -0.4 is 10.6 Å². The van der Waals surface area contributed by atoms with Crippen LogP contribution in [0.2, 0.25) is 5.02 Å². The summed E-state index contributed by atoms with van der Waals surface area (Å²) in [5.41, 5.74) is 0.522. The van der Waals surface area contributed by atoms with E-state index in [0.717, 1.165) is 31.8 Å². The van der Waals surface area contributed by atoms with Gasteiger partial charge >= 0.3 is 0 Å². The lowest BCUT2D eigenvalue weighted by atomic mass is 10.0. The molecule has 4 nitrogen and oxygen atoms in total. The molecular weight excluding hydrogens is 286 g/mol. The van der Waals surface area contributed by atoms with Crippen molar-refractivity contribution in [1.29, 1.82) is 0 Å². The topological polar surface area (TPSA) is 54.0 Å². The lowest BCUT2D eigenvalue weighted by Crippen LogP contribution is -2.25. The first kappa shape index (κ1) is 16.1. The highest BCUT2D eigenvalue weighted by molar-refractivity contribution is 6.33. The first-order chi connectivity index (χ1) is 10.2. The summed E-state index contributed by atoms with van der Waals surface area (Å²) in [6.45, 7) is 3.63. The fourth-order valence-corrected chi connectivity index (χ4v) is 2.96. The second-order valence-electron chi connectivity index (χ2n) is 5.68. The Labute approximate surface area is 131 Å². The van der Waals surface area contributed by atoms with Gasteiger partial charge in [-0.1, -0.05) is 44.2 Å². The number of carbonyl (C=O) groups is 1. The minimum Gasteiger partial charge on any atom is -0.369 e. The van der Waals surface area contributed by atoms with Gasteiger partial charge in [-0.3, -0.25) is 4.79 Å². The summed E-state index contributed by atoms with van der Waals surface area (Å²) in [7, 11) is 0. The predicted octanol–water partition coefficient (Wildman–Crippen LogP) is 3.87. The van der Waals surface area contributed by atoms with Gasteiger partial charge in [0.15, 0.2) is 0 Å². The van der Waals surface area contributed by atoms with Crippen molar-refractivity contribution in [3.63, 3.8) is 0 Å². The van der Waals surface area contributed by atoms with Crippen molar-refractivity contribution in [3.8, 4) is 0 Å². The quantitative estimate of drug-likeness (QED) is 0.804. The molecule has 0 saturated heterocycles. The van der Waals surface area contributed by atoms with E-state index in [0.29, 0.717) is 16.4 Å². The Hall–Kier alpha value is -1.29. The van der Waals surface area contributed by atoms with E-state index in [4.69, 9.17) is 11.6 Å². The van der Waals surface area contributed by atoms with Crippen LogP contribution in [0.5, 0.6) is 0 Å². The Bertz CT molecular complexity index is 473. The summed E-state index contributed by atoms with van der Waals surface area (Å²) in [6.07, 6.45) is 8.94. The summed E-state index contributed by atoms with van der Waals surface area (Å²) in [6, 6.07) is 1.68. The molecule has 0 radical (unpaired) electrons. The van der Waals surface area contributed by atoms with Crippen molar-refractivity contribution in [3.05, 3.63) is 22.8 Å². The van der Waals surface area contributed by atoms with Gasteiger partial charge in [0.1, 0.15) is 5.82 Å². The number of halogens is 1. The van der Waals surface area contributed by atoms with Gasteiger partial charge in [0.25, 0.3) is 5.91 Å². The molecule has 116 valence electrons. The average molecular weight is 310 g/mol. The van der Waals surface area contributed by atoms with Crippen LogP contribution in [0, 0.1) is 5.92 Å². The van der Waals surface area contributed by atoms with Crippen molar-refractivity contribution in [2.75, 3.05) is 18.4 Å². The standard InChI is InChI=1S/C16H24ClN3O/c1-2-8-18-15-14(17)10-13(11-20-15)16(21)19-9-7-12-5-3-4-6-12/h10-12H,2-9H2,1H3,(H,18,20)(H,19,21). The zero-order valence-electron chi connectivity index (χ0n) is 12.6. The van der Waals surface area contributed by atoms with E-state index in [-0.39, 0.29) is 5.91 Å². The third-order valence-electron chi connectivity index (χ3n) is 3.96. The van der Waals surface area contributed by atoms with Crippen LogP contribution in [-0.2, 0) is 0 Å². The number of nitrogens with one attached hydrogen (secondary N) is 2. The zero-order valence-corrected chi connectivity index (χ0v) is 13.4. The maximum absolute atomic E-state index is 12.1. The number of amides is 1. The highest BCUT2D eigenvalue weighted by Gasteiger charge is 2.15. The molecule has 1 heterocycles. The highest BCUT2D eigenvalue weighted by Crippen LogP contribution is 2.27. The molecule has 1 amide bonds. The largest absolute Gasteiger partial charge is 0.369 e. The number of hydrogen-bond acceptors (Lipinski definition) is 3. The van der Waals surface area contributed by atoms with Crippen LogP contribution in [0.25, 0.3) is 0 Å². The Kier molecular flexibility index (Phi) is 6.30. The van der Waals surface area contributed by atoms with Crippen LogP contribution >= 0.6 is 11.6 Å². The lowest BCUT2D eigenvalue weighted by Gasteiger charge is -2.11. The number of rotatable bonds is 7. The van der Waals surface area contributed by atoms with Gasteiger partial charge in [-0.15, -0.1) is 0 Å². The number of hydrogen-bond donors (Lipinski definition) is 2. The Morgan fingerprint density at radius 1 is 1.38 bits per heavy atom. The van der Waals surface area contributed by atoms with E-state index >= 15 is 0 Å². The zero-order chi connectivity index (χ0) is 15.1. The van der Waals surface area contributed by atoms with Crippen LogP contribution in [-0.4, -0.2) is 24.0 Å². The Morgan fingerprint density at radius 2 is 2.14 bits per heavy atom. The number of pyridine rings is 1. The SMILES string of the molecule is CCCNc1ncc(C(=O)NCCC2CCCC2)cc1Cl. The highest BCUT2D eigenvalue weighted by atomic mass is 35.5. The molecule has 1 saturated carbocycles. The third-order valence-corrected chi connectivity index (χ3v) is 4.25. The molecule has 2 rings (SSSR count).